The van der Waals surface area contributed by atoms with Crippen LogP contribution in [0.1, 0.15) is 92.3 Å². The van der Waals surface area contributed by atoms with E-state index in [1.807, 2.05) is 72.8 Å². The van der Waals surface area contributed by atoms with Gasteiger partial charge in [0.25, 0.3) is 11.8 Å². The van der Waals surface area contributed by atoms with Crippen LogP contribution in [0.15, 0.2) is 144 Å². The van der Waals surface area contributed by atoms with Gasteiger partial charge in [0.1, 0.15) is 0 Å². The van der Waals surface area contributed by atoms with E-state index in [2.05, 4.69) is 85.7 Å². The summed E-state index contributed by atoms with van der Waals surface area (Å²) in [6.07, 6.45) is 3.25. The van der Waals surface area contributed by atoms with Gasteiger partial charge >= 0.3 is 0 Å². The fourth-order valence-corrected chi connectivity index (χ4v) is 11.6. The molecule has 0 spiro atoms. The van der Waals surface area contributed by atoms with Gasteiger partial charge in [0, 0.05) is 84.1 Å². The van der Waals surface area contributed by atoms with Crippen LogP contribution in [-0.4, -0.2) is 95.6 Å². The number of hydrogen-bond donors (Lipinski definition) is 4. The molecule has 0 bridgehead atoms. The van der Waals surface area contributed by atoms with Gasteiger partial charge in [-0.1, -0.05) is 121 Å². The lowest BCUT2D eigenvalue weighted by Gasteiger charge is -2.19. The number of hydrogen-bond acceptors (Lipinski definition) is 6. The van der Waals surface area contributed by atoms with Gasteiger partial charge in [-0.25, -0.2) is 0 Å². The highest BCUT2D eigenvalue weighted by molar-refractivity contribution is 9.10. The minimum absolute atomic E-state index is 0.0411. The van der Waals surface area contributed by atoms with Crippen molar-refractivity contribution in [1.82, 2.24) is 31.1 Å². The fraction of sp³-hybridized carbons (Fsp3) is 0.357. The molecule has 12 nitrogen and oxygen atoms in total. The minimum Gasteiger partial charge on any atom is -0.352 e. The molecule has 13 heteroatoms. The summed E-state index contributed by atoms with van der Waals surface area (Å²) in [5.74, 6) is -3.87. The molecule has 352 valence electrons. The third-order valence-electron chi connectivity index (χ3n) is 15.4. The number of amides is 6. The van der Waals surface area contributed by atoms with Crippen molar-refractivity contribution < 1.29 is 28.8 Å². The number of nitrogens with zero attached hydrogens (tertiary/aromatic N) is 2. The predicted molar refractivity (Wildman–Crippen MR) is 263 cm³/mol. The second-order valence-electron chi connectivity index (χ2n) is 20.0. The quantitative estimate of drug-likeness (QED) is 0.0994. The Morgan fingerprint density at radius 2 is 0.681 bits per heavy atom. The molecule has 4 aliphatic carbocycles. The number of likely N-dealkylation sites (tertiary alicyclic amines) is 2. The second-order valence-corrected chi connectivity index (χ2v) is 20.9. The summed E-state index contributed by atoms with van der Waals surface area (Å²) in [5.41, 5.74) is 5.21. The van der Waals surface area contributed by atoms with Crippen molar-refractivity contribution in [3.63, 3.8) is 0 Å². The standard InChI is InChI=1S/C56H55BrN6O6/c57-46-23-36(55(68)62-28-42(51(64)58-47-24-38(47)32-13-5-1-6-14-32)43(29-62)52(65)59-48-25-39(48)33-15-7-2-8-16-33)21-22-37(46)56(69)63-30-44(53(66)60-49-26-40(49)34-17-9-3-10-18-34)45(31-63)54(67)61-50-27-41(50)35-19-11-4-12-20-35/h1-23,38-45,47-50H,24-31H2,(H,58,64)(H,59,65)(H,60,66)(H,61,67)/t38-,39-,40-,41-,42-,43-,44-,45-,47+,48+,49+,50+/m1/s1. The highest BCUT2D eigenvalue weighted by Gasteiger charge is 2.51. The monoisotopic (exact) mass is 986 g/mol. The number of rotatable bonds is 14. The predicted octanol–water partition coefficient (Wildman–Crippen LogP) is 6.51. The summed E-state index contributed by atoms with van der Waals surface area (Å²) in [4.78, 5) is 88.0. The van der Waals surface area contributed by atoms with Gasteiger partial charge in [-0.2, -0.15) is 0 Å². The summed E-state index contributed by atoms with van der Waals surface area (Å²) in [5, 5.41) is 12.8. The van der Waals surface area contributed by atoms with Crippen molar-refractivity contribution in [2.75, 3.05) is 26.2 Å². The van der Waals surface area contributed by atoms with E-state index in [-0.39, 0.29) is 115 Å². The van der Waals surface area contributed by atoms with Crippen molar-refractivity contribution in [3.8, 4) is 0 Å². The van der Waals surface area contributed by atoms with Gasteiger partial charge in [-0.3, -0.25) is 28.8 Å². The van der Waals surface area contributed by atoms with Gasteiger partial charge in [-0.15, -0.1) is 0 Å². The maximum absolute atomic E-state index is 14.4. The average Bonchev–Trinajstić information content (AvgIpc) is 4.31. The smallest absolute Gasteiger partial charge is 0.255 e. The van der Waals surface area contributed by atoms with Crippen molar-refractivity contribution in [2.24, 2.45) is 23.7 Å². The van der Waals surface area contributed by atoms with E-state index in [4.69, 9.17) is 0 Å². The normalized spacial score (nSPS) is 29.3. The Morgan fingerprint density at radius 3 is 0.971 bits per heavy atom. The molecule has 6 aliphatic rings. The van der Waals surface area contributed by atoms with E-state index in [1.54, 1.807) is 28.0 Å². The zero-order valence-corrected chi connectivity index (χ0v) is 39.7. The molecule has 2 aliphatic heterocycles. The second kappa shape index (κ2) is 18.7. The minimum atomic E-state index is -0.752. The number of carbonyl (C=O) groups excluding carboxylic acids is 6. The molecular weight excluding hydrogens is 933 g/mol. The van der Waals surface area contributed by atoms with Crippen LogP contribution in [0.2, 0.25) is 0 Å². The molecule has 11 rings (SSSR count). The summed E-state index contributed by atoms with van der Waals surface area (Å²) >= 11 is 3.58. The van der Waals surface area contributed by atoms with E-state index in [1.165, 1.54) is 0 Å². The molecule has 5 aromatic rings. The van der Waals surface area contributed by atoms with Crippen LogP contribution in [0, 0.1) is 23.7 Å². The first kappa shape index (κ1) is 44.9. The van der Waals surface area contributed by atoms with Crippen LogP contribution in [0.5, 0.6) is 0 Å². The molecule has 2 heterocycles. The largest absolute Gasteiger partial charge is 0.352 e. The fourth-order valence-electron chi connectivity index (χ4n) is 11.0. The van der Waals surface area contributed by atoms with E-state index in [0.717, 1.165) is 47.9 Å². The zero-order chi connectivity index (χ0) is 47.3. The molecule has 0 unspecified atom stereocenters. The molecule has 12 atom stereocenters. The first-order valence-corrected chi connectivity index (χ1v) is 25.2. The van der Waals surface area contributed by atoms with E-state index >= 15 is 0 Å². The summed E-state index contributed by atoms with van der Waals surface area (Å²) < 4.78 is 0.378. The molecule has 0 radical (unpaired) electrons. The number of halogens is 1. The van der Waals surface area contributed by atoms with Crippen LogP contribution in [-0.2, 0) is 19.2 Å². The van der Waals surface area contributed by atoms with E-state index in [9.17, 15) is 28.8 Å². The molecule has 0 aromatic heterocycles. The molecule has 6 fully saturated rings. The first-order valence-electron chi connectivity index (χ1n) is 24.4. The lowest BCUT2D eigenvalue weighted by Crippen LogP contribution is -2.43. The molecule has 4 N–H and O–H groups in total. The summed E-state index contributed by atoms with van der Waals surface area (Å²) in [7, 11) is 0. The SMILES string of the molecule is O=C(N[C@H]1C[C@@H]1c1ccccc1)[C@@H]1CN(C(=O)c2ccc(C(=O)N3C[C@@H](C(=O)N[C@H]4C[C@@H]4c4ccccc4)[C@H](C(=O)N[C@H]4C[C@@H]4c4ccccc4)C3)c(Br)c2)C[C@H]1C(=O)N[C@H]1C[C@@H]1c1ccccc1. The Morgan fingerprint density at radius 1 is 0.391 bits per heavy atom. The highest BCUT2D eigenvalue weighted by atomic mass is 79.9. The van der Waals surface area contributed by atoms with Crippen molar-refractivity contribution >= 4 is 51.4 Å². The highest BCUT2D eigenvalue weighted by Crippen LogP contribution is 2.45. The summed E-state index contributed by atoms with van der Waals surface area (Å²) in [6.45, 7) is 0.256. The van der Waals surface area contributed by atoms with Crippen molar-refractivity contribution in [3.05, 3.63) is 177 Å². The number of carbonyl (C=O) groups is 6. The lowest BCUT2D eigenvalue weighted by atomic mass is 9.94. The van der Waals surface area contributed by atoms with E-state index in [0.29, 0.717) is 10.0 Å². The van der Waals surface area contributed by atoms with Gasteiger partial charge in [0.05, 0.1) is 29.2 Å². The van der Waals surface area contributed by atoms with Crippen LogP contribution >= 0.6 is 15.9 Å². The van der Waals surface area contributed by atoms with Gasteiger partial charge in [0.15, 0.2) is 0 Å². The molecule has 4 saturated carbocycles. The molecule has 69 heavy (non-hydrogen) atoms. The Kier molecular flexibility index (Phi) is 12.2. The van der Waals surface area contributed by atoms with Crippen LogP contribution < -0.4 is 21.3 Å². The topological polar surface area (TPSA) is 157 Å². The van der Waals surface area contributed by atoms with Gasteiger partial charge in [-0.05, 0) is 82.1 Å². The third-order valence-corrected chi connectivity index (χ3v) is 16.0. The van der Waals surface area contributed by atoms with Crippen LogP contribution in [0.3, 0.4) is 0 Å². The average molecular weight is 988 g/mol. The molecule has 5 aromatic carbocycles. The summed E-state index contributed by atoms with van der Waals surface area (Å²) in [6, 6.07) is 44.8. The zero-order valence-electron chi connectivity index (χ0n) is 38.1. The third kappa shape index (κ3) is 9.58. The Balaban J connectivity index is 0.770. The first-order chi connectivity index (χ1) is 33.6. The van der Waals surface area contributed by atoms with E-state index < -0.39 is 23.7 Å². The lowest BCUT2D eigenvalue weighted by molar-refractivity contribution is -0.133. The maximum atomic E-state index is 14.4. The molecule has 2 saturated heterocycles. The Hall–Kier alpha value is -6.60. The van der Waals surface area contributed by atoms with Crippen molar-refractivity contribution in [2.45, 2.75) is 73.5 Å². The van der Waals surface area contributed by atoms with Crippen LogP contribution in [0.25, 0.3) is 0 Å². The van der Waals surface area contributed by atoms with Gasteiger partial charge in [0.2, 0.25) is 23.6 Å². The number of nitrogens with one attached hydrogen (secondary N) is 4. The Bertz CT molecular complexity index is 2630. The van der Waals surface area contributed by atoms with Crippen molar-refractivity contribution in [1.29, 1.82) is 0 Å². The Labute approximate surface area is 410 Å². The molecule has 6 amide bonds. The maximum Gasteiger partial charge on any atom is 0.255 e. The number of benzene rings is 5. The van der Waals surface area contributed by atoms with Gasteiger partial charge < -0.3 is 31.1 Å². The molecular formula is C56H55BrN6O6. The van der Waals surface area contributed by atoms with Crippen LogP contribution in [0.4, 0.5) is 0 Å².